The van der Waals surface area contributed by atoms with Gasteiger partial charge in [0.05, 0.1) is 12.8 Å². The van der Waals surface area contributed by atoms with E-state index in [1.54, 1.807) is 7.11 Å². The van der Waals surface area contributed by atoms with Gasteiger partial charge in [-0.2, -0.15) is 0 Å². The topological polar surface area (TPSA) is 72.7 Å². The number of benzene rings is 1. The van der Waals surface area contributed by atoms with Crippen molar-refractivity contribution < 1.29 is 9.53 Å². The fourth-order valence-corrected chi connectivity index (χ4v) is 3.31. The Morgan fingerprint density at radius 2 is 1.96 bits per heavy atom. The molecule has 1 N–H and O–H groups in total. The SMILES string of the molecule is COc1ccc(-c2csc3ncc(C(=O)NCC(C)(C)C)c(=O)n23)cc1. The Kier molecular flexibility index (Phi) is 4.82. The van der Waals surface area contributed by atoms with Crippen LogP contribution in [0.3, 0.4) is 0 Å². The largest absolute Gasteiger partial charge is 0.497 e. The van der Waals surface area contributed by atoms with Crippen molar-refractivity contribution in [2.45, 2.75) is 20.8 Å². The van der Waals surface area contributed by atoms with Crippen LogP contribution in [0.2, 0.25) is 0 Å². The number of hydrogen-bond donors (Lipinski definition) is 1. The Morgan fingerprint density at radius 1 is 1.27 bits per heavy atom. The van der Waals surface area contributed by atoms with E-state index in [9.17, 15) is 9.59 Å². The number of aromatic nitrogens is 2. The lowest BCUT2D eigenvalue weighted by molar-refractivity contribution is 0.0937. The first-order valence-electron chi connectivity index (χ1n) is 8.22. The summed E-state index contributed by atoms with van der Waals surface area (Å²) in [5.74, 6) is 0.333. The highest BCUT2D eigenvalue weighted by Gasteiger charge is 2.19. The number of carbonyl (C=O) groups excluding carboxylic acids is 1. The van der Waals surface area contributed by atoms with Gasteiger partial charge in [-0.25, -0.2) is 4.98 Å². The molecule has 7 heteroatoms. The Hall–Kier alpha value is -2.67. The average molecular weight is 371 g/mol. The number of nitrogens with one attached hydrogen (secondary N) is 1. The quantitative estimate of drug-likeness (QED) is 0.764. The van der Waals surface area contributed by atoms with Gasteiger partial charge in [-0.1, -0.05) is 20.8 Å². The molecule has 26 heavy (non-hydrogen) atoms. The van der Waals surface area contributed by atoms with E-state index in [2.05, 4.69) is 10.3 Å². The molecule has 0 aliphatic heterocycles. The minimum atomic E-state index is -0.404. The van der Waals surface area contributed by atoms with Crippen LogP contribution in [0.15, 0.2) is 40.6 Å². The van der Waals surface area contributed by atoms with Crippen LogP contribution >= 0.6 is 11.3 Å². The van der Waals surface area contributed by atoms with Crippen LogP contribution in [0.1, 0.15) is 31.1 Å². The highest BCUT2D eigenvalue weighted by atomic mass is 32.1. The predicted molar refractivity (Wildman–Crippen MR) is 103 cm³/mol. The molecule has 2 heterocycles. The smallest absolute Gasteiger partial charge is 0.271 e. The molecule has 136 valence electrons. The molecule has 2 aromatic heterocycles. The highest BCUT2D eigenvalue weighted by Crippen LogP contribution is 2.25. The molecule has 3 rings (SSSR count). The van der Waals surface area contributed by atoms with E-state index in [-0.39, 0.29) is 16.5 Å². The molecule has 0 aliphatic carbocycles. The first kappa shape index (κ1) is 18.1. The molecular weight excluding hydrogens is 350 g/mol. The summed E-state index contributed by atoms with van der Waals surface area (Å²) < 4.78 is 6.66. The molecule has 0 saturated carbocycles. The molecule has 0 spiro atoms. The Labute approximate surface area is 155 Å². The second-order valence-electron chi connectivity index (χ2n) is 7.19. The van der Waals surface area contributed by atoms with Gasteiger partial charge in [0.1, 0.15) is 11.3 Å². The number of hydrogen-bond acceptors (Lipinski definition) is 5. The second-order valence-corrected chi connectivity index (χ2v) is 8.02. The number of methoxy groups -OCH3 is 1. The summed E-state index contributed by atoms with van der Waals surface area (Å²) in [4.78, 5) is 30.2. The van der Waals surface area contributed by atoms with Crippen LogP contribution in [-0.4, -0.2) is 28.9 Å². The molecular formula is C19H21N3O3S. The van der Waals surface area contributed by atoms with Crippen molar-refractivity contribution in [3.63, 3.8) is 0 Å². The van der Waals surface area contributed by atoms with Crippen LogP contribution in [0.5, 0.6) is 5.75 Å². The van der Waals surface area contributed by atoms with E-state index in [1.165, 1.54) is 21.9 Å². The van der Waals surface area contributed by atoms with Gasteiger partial charge >= 0.3 is 0 Å². The Morgan fingerprint density at radius 3 is 2.58 bits per heavy atom. The zero-order valence-electron chi connectivity index (χ0n) is 15.2. The molecule has 1 aromatic carbocycles. The first-order chi connectivity index (χ1) is 12.3. The van der Waals surface area contributed by atoms with Crippen LogP contribution in [0.4, 0.5) is 0 Å². The molecule has 0 unspecified atom stereocenters. The van der Waals surface area contributed by atoms with Gasteiger partial charge in [-0.05, 0) is 35.2 Å². The minimum absolute atomic E-state index is 0.0416. The van der Waals surface area contributed by atoms with E-state index >= 15 is 0 Å². The number of carbonyl (C=O) groups is 1. The molecule has 0 atom stereocenters. The third kappa shape index (κ3) is 3.62. The number of ether oxygens (including phenoxy) is 1. The van der Waals surface area contributed by atoms with Gasteiger partial charge < -0.3 is 10.1 Å². The van der Waals surface area contributed by atoms with Crippen molar-refractivity contribution in [2.24, 2.45) is 5.41 Å². The van der Waals surface area contributed by atoms with Gasteiger partial charge in [-0.3, -0.25) is 14.0 Å². The summed E-state index contributed by atoms with van der Waals surface area (Å²) in [5, 5.41) is 4.67. The fraction of sp³-hybridized carbons (Fsp3) is 0.316. The Balaban J connectivity index is 2.02. The second kappa shape index (κ2) is 6.92. The van der Waals surface area contributed by atoms with Gasteiger partial charge in [0.25, 0.3) is 11.5 Å². The summed E-state index contributed by atoms with van der Waals surface area (Å²) in [5.41, 5.74) is 1.16. The maximum absolute atomic E-state index is 12.9. The number of rotatable bonds is 4. The van der Waals surface area contributed by atoms with Crippen LogP contribution < -0.4 is 15.6 Å². The van der Waals surface area contributed by atoms with Crippen molar-refractivity contribution in [3.05, 3.63) is 51.8 Å². The maximum Gasteiger partial charge on any atom is 0.271 e. The monoisotopic (exact) mass is 371 g/mol. The van der Waals surface area contributed by atoms with Crippen molar-refractivity contribution >= 4 is 22.2 Å². The highest BCUT2D eigenvalue weighted by molar-refractivity contribution is 7.15. The summed E-state index contributed by atoms with van der Waals surface area (Å²) >= 11 is 1.36. The zero-order valence-corrected chi connectivity index (χ0v) is 16.0. The normalized spacial score (nSPS) is 11.5. The van der Waals surface area contributed by atoms with Crippen LogP contribution in [0.25, 0.3) is 16.2 Å². The molecule has 6 nitrogen and oxygen atoms in total. The standard InChI is InChI=1S/C19H21N3O3S/c1-19(2,3)11-21-16(23)14-9-20-18-22(17(14)24)15(10-26-18)12-5-7-13(25-4)8-6-12/h5-10H,11H2,1-4H3,(H,21,23). The predicted octanol–water partition coefficient (Wildman–Crippen LogP) is 3.21. The first-order valence-corrected chi connectivity index (χ1v) is 9.10. The average Bonchev–Trinajstić information content (AvgIpc) is 3.04. The van der Waals surface area contributed by atoms with Gasteiger partial charge in [0, 0.05) is 18.1 Å². The van der Waals surface area contributed by atoms with Crippen molar-refractivity contribution in [2.75, 3.05) is 13.7 Å². The molecule has 0 radical (unpaired) electrons. The van der Waals surface area contributed by atoms with Crippen LogP contribution in [0, 0.1) is 5.41 Å². The van der Waals surface area contributed by atoms with Crippen molar-refractivity contribution in [1.29, 1.82) is 0 Å². The molecule has 0 aliphatic rings. The van der Waals surface area contributed by atoms with Gasteiger partial charge in [0.2, 0.25) is 0 Å². The molecule has 0 saturated heterocycles. The molecule has 0 bridgehead atoms. The summed E-state index contributed by atoms with van der Waals surface area (Å²) in [7, 11) is 1.60. The fourth-order valence-electron chi connectivity index (χ4n) is 2.45. The van der Waals surface area contributed by atoms with Gasteiger partial charge in [-0.15, -0.1) is 11.3 Å². The molecule has 3 aromatic rings. The van der Waals surface area contributed by atoms with E-state index in [4.69, 9.17) is 4.74 Å². The summed E-state index contributed by atoms with van der Waals surface area (Å²) in [6, 6.07) is 7.41. The third-order valence-electron chi connectivity index (χ3n) is 3.86. The van der Waals surface area contributed by atoms with Crippen molar-refractivity contribution in [3.8, 4) is 17.0 Å². The zero-order chi connectivity index (χ0) is 18.9. The number of nitrogens with zero attached hydrogens (tertiary/aromatic N) is 2. The van der Waals surface area contributed by atoms with E-state index in [0.717, 1.165) is 11.3 Å². The number of fused-ring (bicyclic) bond motifs is 1. The van der Waals surface area contributed by atoms with E-state index in [1.807, 2.05) is 50.4 Å². The number of thiazole rings is 1. The lowest BCUT2D eigenvalue weighted by Crippen LogP contribution is -2.36. The maximum atomic E-state index is 12.9. The Bertz CT molecular complexity index is 998. The van der Waals surface area contributed by atoms with Gasteiger partial charge in [0.15, 0.2) is 4.96 Å². The number of amides is 1. The molecule has 1 amide bonds. The van der Waals surface area contributed by atoms with E-state index in [0.29, 0.717) is 17.2 Å². The minimum Gasteiger partial charge on any atom is -0.497 e. The van der Waals surface area contributed by atoms with Crippen molar-refractivity contribution in [1.82, 2.24) is 14.7 Å². The van der Waals surface area contributed by atoms with Crippen LogP contribution in [-0.2, 0) is 0 Å². The van der Waals surface area contributed by atoms with E-state index < -0.39 is 5.91 Å². The molecule has 0 fully saturated rings. The lowest BCUT2D eigenvalue weighted by atomic mass is 9.97. The lowest BCUT2D eigenvalue weighted by Gasteiger charge is -2.18. The summed E-state index contributed by atoms with van der Waals surface area (Å²) in [6.07, 6.45) is 1.35. The third-order valence-corrected chi connectivity index (χ3v) is 4.70. The summed E-state index contributed by atoms with van der Waals surface area (Å²) in [6.45, 7) is 6.52.